The standard InChI is InChI=1S/C6H8Cl5NO4S/c7-5(8)17(15,16)2-1-3(13)12-4(14)6(9,10)11/h4-5,14H,1-2H2,(H,12,13)/t4-/m1/s1. The maximum Gasteiger partial charge on any atom is 0.234 e. The fourth-order valence-electron chi connectivity index (χ4n) is 0.631. The second kappa shape index (κ2) is 6.84. The molecule has 0 fully saturated rings. The van der Waals surface area contributed by atoms with Gasteiger partial charge in [-0.15, -0.1) is 0 Å². The Morgan fingerprint density at radius 2 is 1.76 bits per heavy atom. The summed E-state index contributed by atoms with van der Waals surface area (Å²) in [6, 6.07) is 0. The van der Waals surface area contributed by atoms with Gasteiger partial charge in [0.05, 0.1) is 5.75 Å². The Morgan fingerprint density at radius 3 is 2.12 bits per heavy atom. The third-order valence-electron chi connectivity index (χ3n) is 1.49. The van der Waals surface area contributed by atoms with Crippen molar-refractivity contribution >= 4 is 73.7 Å². The molecule has 0 rings (SSSR count). The van der Waals surface area contributed by atoms with Crippen LogP contribution in [0.4, 0.5) is 0 Å². The summed E-state index contributed by atoms with van der Waals surface area (Å²) in [6.07, 6.45) is -2.21. The lowest BCUT2D eigenvalue weighted by atomic mass is 10.4. The molecular formula is C6H8Cl5NO4S. The highest BCUT2D eigenvalue weighted by atomic mass is 35.6. The molecule has 2 N–H and O–H groups in total. The van der Waals surface area contributed by atoms with Crippen molar-refractivity contribution in [2.45, 2.75) is 20.6 Å². The maximum atomic E-state index is 11.2. The summed E-state index contributed by atoms with van der Waals surface area (Å²) in [5.74, 6) is -1.40. The molecule has 0 heterocycles. The third kappa shape index (κ3) is 7.10. The highest BCUT2D eigenvalue weighted by molar-refractivity contribution is 7.94. The van der Waals surface area contributed by atoms with Gasteiger partial charge in [0.1, 0.15) is 0 Å². The van der Waals surface area contributed by atoms with Gasteiger partial charge in [-0.25, -0.2) is 8.42 Å². The highest BCUT2D eigenvalue weighted by Crippen LogP contribution is 2.28. The summed E-state index contributed by atoms with van der Waals surface area (Å²) in [7, 11) is -3.78. The molecule has 1 amide bonds. The Hall–Kier alpha value is 0.830. The largest absolute Gasteiger partial charge is 0.369 e. The minimum absolute atomic E-state index is 0.462. The van der Waals surface area contributed by atoms with Crippen molar-refractivity contribution < 1.29 is 18.3 Å². The fraction of sp³-hybridized carbons (Fsp3) is 0.833. The first-order chi connectivity index (χ1) is 7.47. The van der Waals surface area contributed by atoms with Crippen LogP contribution >= 0.6 is 58.0 Å². The van der Waals surface area contributed by atoms with Gasteiger partial charge in [0, 0.05) is 6.42 Å². The van der Waals surface area contributed by atoms with Crippen molar-refractivity contribution in [2.75, 3.05) is 5.75 Å². The normalized spacial score (nSPS) is 14.8. The van der Waals surface area contributed by atoms with Crippen molar-refractivity contribution in [3.05, 3.63) is 0 Å². The highest BCUT2D eigenvalue weighted by Gasteiger charge is 2.32. The molecule has 0 saturated heterocycles. The van der Waals surface area contributed by atoms with Crippen LogP contribution in [0.3, 0.4) is 0 Å². The smallest absolute Gasteiger partial charge is 0.234 e. The first kappa shape index (κ1) is 17.8. The number of amides is 1. The van der Waals surface area contributed by atoms with E-state index < -0.39 is 42.1 Å². The van der Waals surface area contributed by atoms with Gasteiger partial charge in [0.2, 0.25) is 13.9 Å². The lowest BCUT2D eigenvalue weighted by Gasteiger charge is -2.19. The summed E-state index contributed by atoms with van der Waals surface area (Å²) in [4.78, 5) is 11.2. The van der Waals surface area contributed by atoms with Gasteiger partial charge in [0.15, 0.2) is 16.1 Å². The third-order valence-corrected chi connectivity index (χ3v) is 5.06. The zero-order chi connectivity index (χ0) is 13.9. The minimum atomic E-state index is -3.78. The quantitative estimate of drug-likeness (QED) is 0.568. The number of halogens is 5. The second-order valence-electron chi connectivity index (χ2n) is 2.89. The van der Waals surface area contributed by atoms with Crippen molar-refractivity contribution in [2.24, 2.45) is 0 Å². The van der Waals surface area contributed by atoms with E-state index in [1.165, 1.54) is 0 Å². The molecule has 17 heavy (non-hydrogen) atoms. The molecule has 1 atom stereocenters. The zero-order valence-corrected chi connectivity index (χ0v) is 12.6. The molecule has 0 bridgehead atoms. The summed E-state index contributed by atoms with van der Waals surface area (Å²) >= 11 is 26.2. The number of nitrogens with one attached hydrogen (secondary N) is 1. The molecule has 0 aromatic carbocycles. The maximum absolute atomic E-state index is 11.2. The SMILES string of the molecule is O=C(CCS(=O)(=O)C(Cl)Cl)N[C@H](O)C(Cl)(Cl)Cl. The molecule has 0 unspecified atom stereocenters. The predicted octanol–water partition coefficient (Wildman–Crippen LogP) is 1.36. The molecule has 11 heteroatoms. The fourth-order valence-corrected chi connectivity index (χ4v) is 1.98. The number of hydrogen-bond acceptors (Lipinski definition) is 4. The number of sulfone groups is 1. The number of alkyl halides is 5. The van der Waals surface area contributed by atoms with E-state index in [4.69, 9.17) is 63.1 Å². The number of hydrogen-bond donors (Lipinski definition) is 2. The lowest BCUT2D eigenvalue weighted by molar-refractivity contribution is -0.123. The van der Waals surface area contributed by atoms with Crippen LogP contribution < -0.4 is 5.32 Å². The lowest BCUT2D eigenvalue weighted by Crippen LogP contribution is -2.44. The molecular weight excluding hydrogens is 359 g/mol. The number of rotatable bonds is 5. The number of aliphatic hydroxyl groups is 1. The summed E-state index contributed by atoms with van der Waals surface area (Å²) in [5.41, 5.74) is 0. The van der Waals surface area contributed by atoms with Gasteiger partial charge in [-0.3, -0.25) is 4.79 Å². The molecule has 0 spiro atoms. The molecule has 0 radical (unpaired) electrons. The zero-order valence-electron chi connectivity index (χ0n) is 8.04. The van der Waals surface area contributed by atoms with E-state index >= 15 is 0 Å². The summed E-state index contributed by atoms with van der Waals surface area (Å²) in [5, 5.41) is 11.1. The Morgan fingerprint density at radius 1 is 1.29 bits per heavy atom. The van der Waals surface area contributed by atoms with E-state index in [0.29, 0.717) is 0 Å². The van der Waals surface area contributed by atoms with E-state index in [1.807, 2.05) is 5.32 Å². The van der Waals surface area contributed by atoms with Crippen molar-refractivity contribution in [3.63, 3.8) is 0 Å². The molecule has 0 aliphatic carbocycles. The summed E-state index contributed by atoms with van der Waals surface area (Å²) in [6.45, 7) is 0. The Balaban J connectivity index is 4.23. The van der Waals surface area contributed by atoms with Gasteiger partial charge in [0.25, 0.3) is 0 Å². The van der Waals surface area contributed by atoms with Crippen LogP contribution in [0.5, 0.6) is 0 Å². The molecule has 0 aliphatic rings. The number of carbonyl (C=O) groups is 1. The first-order valence-corrected chi connectivity index (χ1v) is 7.73. The van der Waals surface area contributed by atoms with Crippen LogP contribution in [-0.2, 0) is 14.6 Å². The second-order valence-corrected chi connectivity index (χ2v) is 9.08. The molecule has 5 nitrogen and oxygen atoms in total. The van der Waals surface area contributed by atoms with Gasteiger partial charge in [-0.1, -0.05) is 58.0 Å². The monoisotopic (exact) mass is 365 g/mol. The van der Waals surface area contributed by atoms with Crippen LogP contribution in [0, 0.1) is 0 Å². The summed E-state index contributed by atoms with van der Waals surface area (Å²) < 4.78 is 18.5. The first-order valence-electron chi connectivity index (χ1n) is 4.00. The topological polar surface area (TPSA) is 83.5 Å². The molecule has 0 aromatic rings. The van der Waals surface area contributed by atoms with Gasteiger partial charge in [-0.05, 0) is 0 Å². The Kier molecular flexibility index (Phi) is 7.17. The van der Waals surface area contributed by atoms with Crippen LogP contribution in [-0.4, -0.2) is 39.4 Å². The molecule has 0 saturated carbocycles. The average molecular weight is 367 g/mol. The van der Waals surface area contributed by atoms with Gasteiger partial charge in [-0.2, -0.15) is 0 Å². The van der Waals surface area contributed by atoms with E-state index in [9.17, 15) is 13.2 Å². The van der Waals surface area contributed by atoms with E-state index in [0.717, 1.165) is 0 Å². The Labute approximate surface area is 123 Å². The van der Waals surface area contributed by atoms with E-state index in [-0.39, 0.29) is 0 Å². The van der Waals surface area contributed by atoms with Crippen LogP contribution in [0.15, 0.2) is 0 Å². The van der Waals surface area contributed by atoms with Crippen molar-refractivity contribution in [1.29, 1.82) is 0 Å². The number of carbonyl (C=O) groups excluding carboxylic acids is 1. The van der Waals surface area contributed by atoms with Gasteiger partial charge < -0.3 is 10.4 Å². The van der Waals surface area contributed by atoms with Crippen LogP contribution in [0.1, 0.15) is 6.42 Å². The Bertz CT molecular complexity index is 365. The predicted molar refractivity (Wildman–Crippen MR) is 68.3 cm³/mol. The van der Waals surface area contributed by atoms with E-state index in [2.05, 4.69) is 0 Å². The number of aliphatic hydroxyl groups excluding tert-OH is 1. The van der Waals surface area contributed by atoms with Crippen LogP contribution in [0.2, 0.25) is 0 Å². The van der Waals surface area contributed by atoms with E-state index in [1.54, 1.807) is 0 Å². The minimum Gasteiger partial charge on any atom is -0.369 e. The van der Waals surface area contributed by atoms with Crippen LogP contribution in [0.25, 0.3) is 0 Å². The van der Waals surface area contributed by atoms with Gasteiger partial charge >= 0.3 is 0 Å². The molecule has 0 aromatic heterocycles. The average Bonchev–Trinajstić information content (AvgIpc) is 2.13. The molecule has 102 valence electrons. The molecule has 0 aliphatic heterocycles. The van der Waals surface area contributed by atoms with Crippen molar-refractivity contribution in [3.8, 4) is 0 Å². The van der Waals surface area contributed by atoms with Crippen molar-refractivity contribution in [1.82, 2.24) is 5.32 Å².